The van der Waals surface area contributed by atoms with Crippen LogP contribution in [0.2, 0.25) is 0 Å². The van der Waals surface area contributed by atoms with E-state index in [1.807, 2.05) is 24.3 Å². The van der Waals surface area contributed by atoms with Crippen LogP contribution in [-0.2, 0) is 9.59 Å². The van der Waals surface area contributed by atoms with E-state index in [1.165, 1.54) is 4.90 Å². The third kappa shape index (κ3) is 3.20. The highest BCUT2D eigenvalue weighted by Gasteiger charge is 2.56. The minimum Gasteiger partial charge on any atom is -0.486 e. The van der Waals surface area contributed by atoms with Crippen molar-refractivity contribution in [2.45, 2.75) is 31.4 Å². The first-order chi connectivity index (χ1) is 12.9. The molecule has 2 aliphatic heterocycles. The summed E-state index contributed by atoms with van der Waals surface area (Å²) in [6.45, 7) is 2.10. The van der Waals surface area contributed by atoms with Crippen molar-refractivity contribution >= 4 is 17.8 Å². The molecule has 144 valence electrons. The van der Waals surface area contributed by atoms with Crippen molar-refractivity contribution in [3.63, 3.8) is 0 Å². The number of fused-ring (bicyclic) bond motifs is 1. The highest BCUT2D eigenvalue weighted by atomic mass is 16.6. The van der Waals surface area contributed by atoms with Crippen LogP contribution >= 0.6 is 0 Å². The summed E-state index contributed by atoms with van der Waals surface area (Å²) in [5.74, 6) is 0.855. The minimum absolute atomic E-state index is 0.166. The summed E-state index contributed by atoms with van der Waals surface area (Å²) in [6.07, 6.45) is 1.53. The van der Waals surface area contributed by atoms with E-state index in [1.54, 1.807) is 14.0 Å². The highest BCUT2D eigenvalue weighted by molar-refractivity contribution is 6.09. The lowest BCUT2D eigenvalue weighted by molar-refractivity contribution is -0.139. The van der Waals surface area contributed by atoms with Gasteiger partial charge in [-0.05, 0) is 37.8 Å². The van der Waals surface area contributed by atoms with E-state index >= 15 is 0 Å². The maximum atomic E-state index is 12.6. The fourth-order valence-electron chi connectivity index (χ4n) is 3.61. The van der Waals surface area contributed by atoms with Crippen LogP contribution in [0.15, 0.2) is 24.3 Å². The monoisotopic (exact) mass is 373 g/mol. The molecule has 2 heterocycles. The lowest BCUT2D eigenvalue weighted by Crippen LogP contribution is -2.48. The molecule has 1 saturated carbocycles. The second kappa shape index (κ2) is 6.44. The number of nitrogens with one attached hydrogen (secondary N) is 1. The summed E-state index contributed by atoms with van der Waals surface area (Å²) in [4.78, 5) is 39.9. The zero-order chi connectivity index (χ0) is 19.2. The minimum atomic E-state index is -0.875. The Labute approximate surface area is 157 Å². The van der Waals surface area contributed by atoms with E-state index in [4.69, 9.17) is 9.47 Å². The van der Waals surface area contributed by atoms with Crippen molar-refractivity contribution in [1.29, 1.82) is 0 Å². The van der Waals surface area contributed by atoms with Gasteiger partial charge in [-0.25, -0.2) is 4.79 Å². The third-order valence-electron chi connectivity index (χ3n) is 5.46. The van der Waals surface area contributed by atoms with Gasteiger partial charge in [0.25, 0.3) is 5.91 Å². The number of hydrogen-bond donors (Lipinski definition) is 1. The van der Waals surface area contributed by atoms with Gasteiger partial charge in [-0.15, -0.1) is 0 Å². The van der Waals surface area contributed by atoms with Gasteiger partial charge in [-0.2, -0.15) is 0 Å². The fourth-order valence-corrected chi connectivity index (χ4v) is 3.61. The predicted molar refractivity (Wildman–Crippen MR) is 95.4 cm³/mol. The van der Waals surface area contributed by atoms with Crippen molar-refractivity contribution in [2.75, 3.05) is 26.7 Å². The van der Waals surface area contributed by atoms with Crippen LogP contribution < -0.4 is 14.8 Å². The van der Waals surface area contributed by atoms with Crippen LogP contribution in [0, 0.1) is 5.92 Å². The SMILES string of the molecule is CN(C[C@H]1COc2ccccc2O1)C(=O)CN1C(=O)N[C@@](C)(C2CC2)C1=O. The van der Waals surface area contributed by atoms with Gasteiger partial charge in [0.2, 0.25) is 5.91 Å². The van der Waals surface area contributed by atoms with Gasteiger partial charge in [-0.3, -0.25) is 14.5 Å². The van der Waals surface area contributed by atoms with Crippen molar-refractivity contribution in [3.05, 3.63) is 24.3 Å². The highest BCUT2D eigenvalue weighted by Crippen LogP contribution is 2.42. The van der Waals surface area contributed by atoms with Gasteiger partial charge in [0.1, 0.15) is 18.7 Å². The molecule has 1 N–H and O–H groups in total. The number of benzene rings is 1. The number of nitrogens with zero attached hydrogens (tertiary/aromatic N) is 2. The smallest absolute Gasteiger partial charge is 0.325 e. The van der Waals surface area contributed by atoms with Crippen LogP contribution in [0.3, 0.4) is 0 Å². The number of carbonyl (C=O) groups is 3. The number of para-hydroxylation sites is 2. The van der Waals surface area contributed by atoms with E-state index in [2.05, 4.69) is 5.32 Å². The Balaban J connectivity index is 1.35. The quantitative estimate of drug-likeness (QED) is 0.778. The van der Waals surface area contributed by atoms with Gasteiger partial charge < -0.3 is 19.7 Å². The number of hydrogen-bond acceptors (Lipinski definition) is 5. The molecule has 1 saturated heterocycles. The Kier molecular flexibility index (Phi) is 4.20. The zero-order valence-corrected chi connectivity index (χ0v) is 15.4. The van der Waals surface area contributed by atoms with Crippen molar-refractivity contribution in [2.24, 2.45) is 5.92 Å². The molecule has 1 aromatic carbocycles. The number of rotatable bonds is 5. The summed E-state index contributed by atoms with van der Waals surface area (Å²) < 4.78 is 11.5. The van der Waals surface area contributed by atoms with Crippen molar-refractivity contribution in [1.82, 2.24) is 15.1 Å². The van der Waals surface area contributed by atoms with Gasteiger partial charge in [0.05, 0.1) is 6.54 Å². The molecule has 8 heteroatoms. The average molecular weight is 373 g/mol. The van der Waals surface area contributed by atoms with E-state index in [-0.39, 0.29) is 30.4 Å². The Morgan fingerprint density at radius 1 is 1.30 bits per heavy atom. The van der Waals surface area contributed by atoms with E-state index in [0.717, 1.165) is 17.7 Å². The maximum Gasteiger partial charge on any atom is 0.325 e. The molecule has 4 rings (SSSR count). The number of amides is 4. The normalized spacial score (nSPS) is 26.7. The fraction of sp³-hybridized carbons (Fsp3) is 0.526. The molecule has 0 spiro atoms. The molecule has 8 nitrogen and oxygen atoms in total. The largest absolute Gasteiger partial charge is 0.486 e. The van der Waals surface area contributed by atoms with Crippen molar-refractivity contribution in [3.8, 4) is 11.5 Å². The number of likely N-dealkylation sites (N-methyl/N-ethyl adjacent to an activating group) is 1. The standard InChI is InChI=1S/C19H23N3O5/c1-19(12-7-8-12)17(24)22(18(25)20-19)10-16(23)21(2)9-13-11-26-14-5-3-4-6-15(14)27-13/h3-6,12-13H,7-11H2,1-2H3,(H,20,25)/t13-,19-/m0/s1. The van der Waals surface area contributed by atoms with E-state index in [9.17, 15) is 14.4 Å². The zero-order valence-electron chi connectivity index (χ0n) is 15.4. The predicted octanol–water partition coefficient (Wildman–Crippen LogP) is 1.01. The van der Waals surface area contributed by atoms with Gasteiger partial charge in [0.15, 0.2) is 17.6 Å². The summed E-state index contributed by atoms with van der Waals surface area (Å²) in [7, 11) is 1.63. The third-order valence-corrected chi connectivity index (χ3v) is 5.46. The molecular weight excluding hydrogens is 350 g/mol. The summed E-state index contributed by atoms with van der Waals surface area (Å²) in [6, 6.07) is 6.87. The molecule has 2 atom stereocenters. The van der Waals surface area contributed by atoms with E-state index < -0.39 is 11.6 Å². The van der Waals surface area contributed by atoms with Crippen LogP contribution in [0.5, 0.6) is 11.5 Å². The Bertz CT molecular complexity index is 793. The Hall–Kier alpha value is -2.77. The molecule has 0 radical (unpaired) electrons. The second-order valence-electron chi connectivity index (χ2n) is 7.57. The molecule has 1 aromatic rings. The number of ether oxygens (including phenoxy) is 2. The first kappa shape index (κ1) is 17.6. The van der Waals surface area contributed by atoms with Crippen LogP contribution in [0.4, 0.5) is 4.79 Å². The molecule has 3 aliphatic rings. The maximum absolute atomic E-state index is 12.6. The first-order valence-electron chi connectivity index (χ1n) is 9.15. The molecule has 0 aromatic heterocycles. The van der Waals surface area contributed by atoms with Crippen LogP contribution in [-0.4, -0.2) is 66.0 Å². The Morgan fingerprint density at radius 2 is 2.00 bits per heavy atom. The number of urea groups is 1. The molecule has 2 fully saturated rings. The Morgan fingerprint density at radius 3 is 2.70 bits per heavy atom. The molecular formula is C19H23N3O5. The van der Waals surface area contributed by atoms with Gasteiger partial charge >= 0.3 is 6.03 Å². The van der Waals surface area contributed by atoms with Gasteiger partial charge in [-0.1, -0.05) is 12.1 Å². The molecule has 0 unspecified atom stereocenters. The lowest BCUT2D eigenvalue weighted by Gasteiger charge is -2.30. The topological polar surface area (TPSA) is 88.2 Å². The molecule has 4 amide bonds. The molecule has 1 aliphatic carbocycles. The van der Waals surface area contributed by atoms with Crippen LogP contribution in [0.1, 0.15) is 19.8 Å². The summed E-state index contributed by atoms with van der Waals surface area (Å²) in [5, 5.41) is 2.75. The lowest BCUT2D eigenvalue weighted by atomic mass is 9.96. The van der Waals surface area contributed by atoms with Crippen LogP contribution in [0.25, 0.3) is 0 Å². The summed E-state index contributed by atoms with van der Waals surface area (Å²) in [5.41, 5.74) is -0.875. The van der Waals surface area contributed by atoms with Gasteiger partial charge in [0, 0.05) is 7.05 Å². The first-order valence-corrected chi connectivity index (χ1v) is 9.15. The summed E-state index contributed by atoms with van der Waals surface area (Å²) >= 11 is 0. The molecule has 27 heavy (non-hydrogen) atoms. The number of imide groups is 1. The second-order valence-corrected chi connectivity index (χ2v) is 7.57. The molecule has 0 bridgehead atoms. The van der Waals surface area contributed by atoms with Crippen molar-refractivity contribution < 1.29 is 23.9 Å². The van der Waals surface area contributed by atoms with E-state index in [0.29, 0.717) is 24.7 Å². The average Bonchev–Trinajstić information content (AvgIpc) is 3.47. The number of carbonyl (C=O) groups excluding carboxylic acids is 3.